The van der Waals surface area contributed by atoms with E-state index in [0.717, 1.165) is 21.5 Å². The molecular weight excluding hydrogens is 302 g/mol. The summed E-state index contributed by atoms with van der Waals surface area (Å²) in [6, 6.07) is 9.41. The fraction of sp³-hybridized carbons (Fsp3) is 0.0833. The Morgan fingerprint density at radius 2 is 2.12 bits per heavy atom. The normalized spacial score (nSPS) is 10.3. The number of rotatable bonds is 3. The van der Waals surface area contributed by atoms with Gasteiger partial charge in [0.05, 0.1) is 23.3 Å². The monoisotopic (exact) mass is 311 g/mol. The average Bonchev–Trinajstić information content (AvgIpc) is 2.34. The SMILES string of the molecule is NCc1ccc(Nc2ccc(Cl)cc2Br)cn1. The molecule has 0 spiro atoms. The molecule has 0 radical (unpaired) electrons. The fourth-order valence-electron chi connectivity index (χ4n) is 1.37. The van der Waals surface area contributed by atoms with Crippen molar-refractivity contribution in [3.8, 4) is 0 Å². The molecule has 0 atom stereocenters. The molecule has 0 saturated heterocycles. The Morgan fingerprint density at radius 3 is 2.71 bits per heavy atom. The number of nitrogens with two attached hydrogens (primary N) is 1. The van der Waals surface area contributed by atoms with Crippen LogP contribution in [0.2, 0.25) is 5.02 Å². The molecule has 0 unspecified atom stereocenters. The first kappa shape index (κ1) is 12.4. The van der Waals surface area contributed by atoms with Gasteiger partial charge in [0.2, 0.25) is 0 Å². The number of halogens is 2. The lowest BCUT2D eigenvalue weighted by molar-refractivity contribution is 0.991. The molecule has 17 heavy (non-hydrogen) atoms. The predicted molar refractivity (Wildman–Crippen MR) is 74.6 cm³/mol. The Balaban J connectivity index is 2.19. The molecule has 5 heteroatoms. The zero-order valence-electron chi connectivity index (χ0n) is 8.95. The van der Waals surface area contributed by atoms with Crippen molar-refractivity contribution in [1.82, 2.24) is 4.98 Å². The molecule has 2 rings (SSSR count). The molecule has 2 aromatic rings. The Kier molecular flexibility index (Phi) is 3.99. The summed E-state index contributed by atoms with van der Waals surface area (Å²) in [5.74, 6) is 0. The van der Waals surface area contributed by atoms with Crippen LogP contribution in [0.1, 0.15) is 5.69 Å². The van der Waals surface area contributed by atoms with Gasteiger partial charge in [-0.1, -0.05) is 11.6 Å². The minimum atomic E-state index is 0.449. The molecule has 1 heterocycles. The van der Waals surface area contributed by atoms with Crippen LogP contribution in [-0.4, -0.2) is 4.98 Å². The summed E-state index contributed by atoms with van der Waals surface area (Å²) in [4.78, 5) is 4.21. The molecule has 0 fully saturated rings. The van der Waals surface area contributed by atoms with E-state index in [9.17, 15) is 0 Å². The van der Waals surface area contributed by atoms with Crippen molar-refractivity contribution >= 4 is 38.9 Å². The van der Waals surface area contributed by atoms with Crippen molar-refractivity contribution in [1.29, 1.82) is 0 Å². The van der Waals surface area contributed by atoms with E-state index in [4.69, 9.17) is 17.3 Å². The van der Waals surface area contributed by atoms with E-state index in [1.165, 1.54) is 0 Å². The molecule has 88 valence electrons. The summed E-state index contributed by atoms with van der Waals surface area (Å²) in [6.07, 6.45) is 1.75. The summed E-state index contributed by atoms with van der Waals surface area (Å²) in [7, 11) is 0. The average molecular weight is 313 g/mol. The van der Waals surface area contributed by atoms with E-state index < -0.39 is 0 Å². The molecule has 0 bridgehead atoms. The van der Waals surface area contributed by atoms with E-state index >= 15 is 0 Å². The summed E-state index contributed by atoms with van der Waals surface area (Å²) < 4.78 is 0.910. The second-order valence-electron chi connectivity index (χ2n) is 3.49. The van der Waals surface area contributed by atoms with Crippen LogP contribution in [0.4, 0.5) is 11.4 Å². The van der Waals surface area contributed by atoms with Crippen LogP contribution in [0.25, 0.3) is 0 Å². The van der Waals surface area contributed by atoms with Crippen LogP contribution in [0.3, 0.4) is 0 Å². The standard InChI is InChI=1S/C12H11BrClN3/c13-11-5-8(14)1-4-12(11)17-10-3-2-9(6-15)16-7-10/h1-5,7,17H,6,15H2. The first-order valence-electron chi connectivity index (χ1n) is 5.06. The van der Waals surface area contributed by atoms with E-state index in [-0.39, 0.29) is 0 Å². The highest BCUT2D eigenvalue weighted by molar-refractivity contribution is 9.10. The van der Waals surface area contributed by atoms with Crippen molar-refractivity contribution in [3.63, 3.8) is 0 Å². The number of nitrogens with one attached hydrogen (secondary N) is 1. The Bertz CT molecular complexity index is 514. The van der Waals surface area contributed by atoms with Crippen LogP contribution in [0.5, 0.6) is 0 Å². The maximum Gasteiger partial charge on any atom is 0.0571 e. The molecule has 3 N–H and O–H groups in total. The van der Waals surface area contributed by atoms with Crippen molar-refractivity contribution in [3.05, 3.63) is 51.7 Å². The zero-order valence-corrected chi connectivity index (χ0v) is 11.3. The number of anilines is 2. The van der Waals surface area contributed by atoms with Crippen LogP contribution >= 0.6 is 27.5 Å². The summed E-state index contributed by atoms with van der Waals surface area (Å²) in [5.41, 5.74) is 8.20. The third kappa shape index (κ3) is 3.19. The highest BCUT2D eigenvalue weighted by Crippen LogP contribution is 2.28. The molecule has 0 aliphatic rings. The van der Waals surface area contributed by atoms with Crippen LogP contribution in [0, 0.1) is 0 Å². The first-order chi connectivity index (χ1) is 8.19. The first-order valence-corrected chi connectivity index (χ1v) is 6.23. The molecular formula is C12H11BrClN3. The number of pyridine rings is 1. The number of nitrogens with zero attached hydrogens (tertiary/aromatic N) is 1. The van der Waals surface area contributed by atoms with Crippen LogP contribution in [0.15, 0.2) is 41.0 Å². The van der Waals surface area contributed by atoms with Gasteiger partial charge < -0.3 is 11.1 Å². The summed E-state index contributed by atoms with van der Waals surface area (Å²) >= 11 is 9.32. The lowest BCUT2D eigenvalue weighted by Gasteiger charge is -2.08. The molecule has 0 saturated carbocycles. The molecule has 0 aliphatic heterocycles. The van der Waals surface area contributed by atoms with Gasteiger partial charge in [-0.3, -0.25) is 4.98 Å². The van der Waals surface area contributed by atoms with Crippen molar-refractivity contribution in [2.24, 2.45) is 5.73 Å². The van der Waals surface area contributed by atoms with Gasteiger partial charge in [0.25, 0.3) is 0 Å². The van der Waals surface area contributed by atoms with E-state index in [1.807, 2.05) is 30.3 Å². The van der Waals surface area contributed by atoms with Gasteiger partial charge in [-0.15, -0.1) is 0 Å². The minimum Gasteiger partial charge on any atom is -0.353 e. The highest BCUT2D eigenvalue weighted by Gasteiger charge is 2.01. The van der Waals surface area contributed by atoms with Crippen molar-refractivity contribution < 1.29 is 0 Å². The van der Waals surface area contributed by atoms with Gasteiger partial charge in [0, 0.05) is 16.0 Å². The molecule has 0 amide bonds. The van der Waals surface area contributed by atoms with E-state index in [1.54, 1.807) is 6.20 Å². The van der Waals surface area contributed by atoms with Gasteiger partial charge in [0.1, 0.15) is 0 Å². The fourth-order valence-corrected chi connectivity index (χ4v) is 2.15. The second kappa shape index (κ2) is 5.49. The molecule has 0 aliphatic carbocycles. The quantitative estimate of drug-likeness (QED) is 0.908. The number of hydrogen-bond donors (Lipinski definition) is 2. The third-order valence-corrected chi connectivity index (χ3v) is 3.14. The lowest BCUT2D eigenvalue weighted by Crippen LogP contribution is -1.99. The largest absolute Gasteiger partial charge is 0.353 e. The van der Waals surface area contributed by atoms with E-state index in [2.05, 4.69) is 26.2 Å². The van der Waals surface area contributed by atoms with Crippen LogP contribution < -0.4 is 11.1 Å². The smallest absolute Gasteiger partial charge is 0.0571 e. The number of aromatic nitrogens is 1. The van der Waals surface area contributed by atoms with Crippen molar-refractivity contribution in [2.75, 3.05) is 5.32 Å². The number of hydrogen-bond acceptors (Lipinski definition) is 3. The highest BCUT2D eigenvalue weighted by atomic mass is 79.9. The maximum atomic E-state index is 5.88. The second-order valence-corrected chi connectivity index (χ2v) is 4.78. The van der Waals surface area contributed by atoms with Gasteiger partial charge in [-0.2, -0.15) is 0 Å². The van der Waals surface area contributed by atoms with Gasteiger partial charge >= 0.3 is 0 Å². The number of benzene rings is 1. The Morgan fingerprint density at radius 1 is 1.29 bits per heavy atom. The molecule has 1 aromatic heterocycles. The summed E-state index contributed by atoms with van der Waals surface area (Å²) in [6.45, 7) is 0.449. The van der Waals surface area contributed by atoms with Crippen LogP contribution in [-0.2, 0) is 6.54 Å². The third-order valence-electron chi connectivity index (χ3n) is 2.24. The minimum absolute atomic E-state index is 0.449. The van der Waals surface area contributed by atoms with Gasteiger partial charge in [0.15, 0.2) is 0 Å². The lowest BCUT2D eigenvalue weighted by atomic mass is 10.3. The van der Waals surface area contributed by atoms with Gasteiger partial charge in [-0.05, 0) is 46.3 Å². The van der Waals surface area contributed by atoms with Crippen molar-refractivity contribution in [2.45, 2.75) is 6.54 Å². The Hall–Kier alpha value is -1.10. The zero-order chi connectivity index (χ0) is 12.3. The predicted octanol–water partition coefficient (Wildman–Crippen LogP) is 3.70. The molecule has 3 nitrogen and oxygen atoms in total. The molecule has 1 aromatic carbocycles. The summed E-state index contributed by atoms with van der Waals surface area (Å²) in [5, 5.41) is 3.94. The Labute approximate surface area is 113 Å². The van der Waals surface area contributed by atoms with Gasteiger partial charge in [-0.25, -0.2) is 0 Å². The topological polar surface area (TPSA) is 50.9 Å². The maximum absolute atomic E-state index is 5.88. The van der Waals surface area contributed by atoms with E-state index in [0.29, 0.717) is 11.6 Å².